The number of anilines is 3. The number of hydrogen-bond acceptors (Lipinski definition) is 6. The standard InChI is InChI=1S/C24H24N6O3/c1-24(2,3)20-14-21(30-33-20)29-23(32)27-17-6-4-16(5-7-17)26-22(31)19-9-8-18(28-19)15-10-12-25-13-11-15/h4-7,9-14H,8H2,1-3H3,(H,26,31)(H2,27,29,30,32). The molecular weight excluding hydrogens is 420 g/mol. The molecule has 3 amide bonds. The molecule has 1 aromatic carbocycles. The SMILES string of the molecule is CC(C)(C)c1cc(NC(=O)Nc2ccc(NC(=O)C3=CCC(c4ccncc4)=N3)cc2)no1. The van der Waals surface area contributed by atoms with Crippen molar-refractivity contribution in [2.75, 3.05) is 16.0 Å². The first-order chi connectivity index (χ1) is 15.8. The van der Waals surface area contributed by atoms with Crippen LogP contribution in [0.15, 0.2) is 76.1 Å². The zero-order chi connectivity index (χ0) is 23.4. The number of nitrogens with one attached hydrogen (secondary N) is 3. The third-order valence-electron chi connectivity index (χ3n) is 4.88. The molecule has 33 heavy (non-hydrogen) atoms. The highest BCUT2D eigenvalue weighted by Gasteiger charge is 2.20. The molecule has 3 aromatic rings. The van der Waals surface area contributed by atoms with Gasteiger partial charge in [0.2, 0.25) is 0 Å². The van der Waals surface area contributed by atoms with Crippen LogP contribution in [0.1, 0.15) is 38.5 Å². The molecule has 1 aliphatic rings. The summed E-state index contributed by atoms with van der Waals surface area (Å²) >= 11 is 0. The van der Waals surface area contributed by atoms with E-state index in [-0.39, 0.29) is 11.3 Å². The molecule has 2 aromatic heterocycles. The van der Waals surface area contributed by atoms with Gasteiger partial charge in [-0.05, 0) is 48.0 Å². The number of pyridine rings is 1. The zero-order valence-corrected chi connectivity index (χ0v) is 18.5. The van der Waals surface area contributed by atoms with E-state index in [4.69, 9.17) is 4.52 Å². The van der Waals surface area contributed by atoms with Gasteiger partial charge in [-0.25, -0.2) is 9.79 Å². The van der Waals surface area contributed by atoms with Crippen LogP contribution in [0.25, 0.3) is 0 Å². The fourth-order valence-corrected chi connectivity index (χ4v) is 3.10. The van der Waals surface area contributed by atoms with Crippen LogP contribution in [0.4, 0.5) is 22.0 Å². The lowest BCUT2D eigenvalue weighted by Crippen LogP contribution is -2.19. The van der Waals surface area contributed by atoms with Crippen LogP contribution < -0.4 is 16.0 Å². The van der Waals surface area contributed by atoms with Gasteiger partial charge < -0.3 is 15.2 Å². The summed E-state index contributed by atoms with van der Waals surface area (Å²) in [6, 6.07) is 11.7. The molecule has 0 unspecified atom stereocenters. The molecule has 0 atom stereocenters. The molecule has 3 N–H and O–H groups in total. The Kier molecular flexibility index (Phi) is 6.03. The van der Waals surface area contributed by atoms with Gasteiger partial charge in [-0.2, -0.15) is 0 Å². The minimum Gasteiger partial charge on any atom is -0.359 e. The lowest BCUT2D eigenvalue weighted by atomic mass is 9.93. The Hall–Kier alpha value is -4.27. The molecule has 0 aliphatic carbocycles. The first kappa shape index (κ1) is 21.9. The monoisotopic (exact) mass is 444 g/mol. The van der Waals surface area contributed by atoms with Crippen molar-refractivity contribution in [1.29, 1.82) is 0 Å². The van der Waals surface area contributed by atoms with Crippen molar-refractivity contribution in [3.63, 3.8) is 0 Å². The molecule has 4 rings (SSSR count). The number of benzene rings is 1. The second kappa shape index (κ2) is 9.07. The van der Waals surface area contributed by atoms with Crippen molar-refractivity contribution in [3.8, 4) is 0 Å². The van der Waals surface area contributed by atoms with Crippen LogP contribution in [-0.4, -0.2) is 27.8 Å². The first-order valence-corrected chi connectivity index (χ1v) is 10.4. The second-order valence-corrected chi connectivity index (χ2v) is 8.52. The van der Waals surface area contributed by atoms with E-state index in [2.05, 4.69) is 31.1 Å². The number of allylic oxidation sites excluding steroid dienone is 1. The minimum absolute atomic E-state index is 0.204. The highest BCUT2D eigenvalue weighted by atomic mass is 16.5. The largest absolute Gasteiger partial charge is 0.359 e. The predicted octanol–water partition coefficient (Wildman–Crippen LogP) is 4.73. The molecule has 0 bridgehead atoms. The summed E-state index contributed by atoms with van der Waals surface area (Å²) in [6.07, 6.45) is 5.77. The first-order valence-electron chi connectivity index (χ1n) is 10.4. The number of aromatic nitrogens is 2. The van der Waals surface area contributed by atoms with Crippen LogP contribution >= 0.6 is 0 Å². The van der Waals surface area contributed by atoms with E-state index >= 15 is 0 Å². The van der Waals surface area contributed by atoms with Crippen LogP contribution in [0.2, 0.25) is 0 Å². The molecule has 1 aliphatic heterocycles. The van der Waals surface area contributed by atoms with Crippen LogP contribution in [0.5, 0.6) is 0 Å². The number of carbonyl (C=O) groups is 2. The molecule has 0 fully saturated rings. The van der Waals surface area contributed by atoms with E-state index in [1.54, 1.807) is 48.8 Å². The summed E-state index contributed by atoms with van der Waals surface area (Å²) in [5.74, 6) is 0.712. The van der Waals surface area contributed by atoms with Gasteiger partial charge in [0, 0.05) is 41.7 Å². The molecule has 0 saturated heterocycles. The van der Waals surface area contributed by atoms with E-state index in [0.717, 1.165) is 11.3 Å². The summed E-state index contributed by atoms with van der Waals surface area (Å²) in [4.78, 5) is 33.2. The van der Waals surface area contributed by atoms with Crippen molar-refractivity contribution in [2.45, 2.75) is 32.6 Å². The highest BCUT2D eigenvalue weighted by Crippen LogP contribution is 2.24. The van der Waals surface area contributed by atoms with E-state index < -0.39 is 6.03 Å². The summed E-state index contributed by atoms with van der Waals surface area (Å²) in [6.45, 7) is 5.98. The van der Waals surface area contributed by atoms with Crippen molar-refractivity contribution in [2.24, 2.45) is 4.99 Å². The van der Waals surface area contributed by atoms with E-state index in [9.17, 15) is 9.59 Å². The topological polar surface area (TPSA) is 122 Å². The summed E-state index contributed by atoms with van der Waals surface area (Å²) in [5, 5.41) is 12.0. The Morgan fingerprint density at radius 3 is 2.24 bits per heavy atom. The normalized spacial score (nSPS) is 13.2. The molecule has 3 heterocycles. The second-order valence-electron chi connectivity index (χ2n) is 8.52. The fraction of sp³-hybridized carbons (Fsp3) is 0.208. The van der Waals surface area contributed by atoms with Gasteiger partial charge in [0.15, 0.2) is 5.82 Å². The number of hydrogen-bond donors (Lipinski definition) is 3. The number of urea groups is 1. The third kappa shape index (κ3) is 5.51. The minimum atomic E-state index is -0.449. The number of rotatable bonds is 5. The Balaban J connectivity index is 1.31. The fourth-order valence-electron chi connectivity index (χ4n) is 3.10. The Labute approximate surface area is 191 Å². The molecule has 0 saturated carbocycles. The van der Waals surface area contributed by atoms with Gasteiger partial charge in [0.05, 0.1) is 5.71 Å². The van der Waals surface area contributed by atoms with Crippen molar-refractivity contribution >= 4 is 34.8 Å². The van der Waals surface area contributed by atoms with Gasteiger partial charge in [0.1, 0.15) is 11.5 Å². The summed E-state index contributed by atoms with van der Waals surface area (Å²) in [7, 11) is 0. The summed E-state index contributed by atoms with van der Waals surface area (Å²) < 4.78 is 5.26. The van der Waals surface area contributed by atoms with Crippen molar-refractivity contribution in [3.05, 3.63) is 78.0 Å². The molecule has 9 heteroatoms. The maximum atomic E-state index is 12.5. The third-order valence-corrected chi connectivity index (χ3v) is 4.88. The lowest BCUT2D eigenvalue weighted by Gasteiger charge is -2.12. The summed E-state index contributed by atoms with van der Waals surface area (Å²) in [5.41, 5.74) is 3.08. The van der Waals surface area contributed by atoms with E-state index in [1.165, 1.54) is 0 Å². The molecule has 9 nitrogen and oxygen atoms in total. The quantitative estimate of drug-likeness (QED) is 0.525. The van der Waals surface area contributed by atoms with Crippen LogP contribution in [0, 0.1) is 0 Å². The van der Waals surface area contributed by atoms with Crippen molar-refractivity contribution < 1.29 is 14.1 Å². The predicted molar refractivity (Wildman–Crippen MR) is 126 cm³/mol. The van der Waals surface area contributed by atoms with Gasteiger partial charge in [-0.1, -0.05) is 25.9 Å². The molecule has 0 radical (unpaired) electrons. The maximum Gasteiger partial charge on any atom is 0.324 e. The van der Waals surface area contributed by atoms with Gasteiger partial charge >= 0.3 is 6.03 Å². The number of amides is 3. The van der Waals surface area contributed by atoms with E-state index in [0.29, 0.717) is 35.1 Å². The van der Waals surface area contributed by atoms with Crippen LogP contribution in [0.3, 0.4) is 0 Å². The average Bonchev–Trinajstić information content (AvgIpc) is 3.46. The number of aliphatic imine (C=N–C) groups is 1. The van der Waals surface area contributed by atoms with Gasteiger partial charge in [-0.3, -0.25) is 15.1 Å². The number of carbonyl (C=O) groups excluding carboxylic acids is 2. The molecule has 168 valence electrons. The lowest BCUT2D eigenvalue weighted by molar-refractivity contribution is -0.112. The molecule has 0 spiro atoms. The Bertz CT molecular complexity index is 1220. The highest BCUT2D eigenvalue weighted by molar-refractivity contribution is 6.11. The van der Waals surface area contributed by atoms with Crippen molar-refractivity contribution in [1.82, 2.24) is 10.1 Å². The zero-order valence-electron chi connectivity index (χ0n) is 18.5. The number of nitrogens with zero attached hydrogens (tertiary/aromatic N) is 3. The average molecular weight is 444 g/mol. The Morgan fingerprint density at radius 1 is 0.939 bits per heavy atom. The van der Waals surface area contributed by atoms with Gasteiger partial charge in [-0.15, -0.1) is 0 Å². The van der Waals surface area contributed by atoms with Crippen LogP contribution in [-0.2, 0) is 10.2 Å². The maximum absolute atomic E-state index is 12.5. The van der Waals surface area contributed by atoms with E-state index in [1.807, 2.05) is 32.9 Å². The molecular formula is C24H24N6O3. The Morgan fingerprint density at radius 2 is 1.61 bits per heavy atom. The van der Waals surface area contributed by atoms with Gasteiger partial charge in [0.25, 0.3) is 5.91 Å². The smallest absolute Gasteiger partial charge is 0.324 e.